The van der Waals surface area contributed by atoms with E-state index in [0.29, 0.717) is 17.8 Å². The highest BCUT2D eigenvalue weighted by Crippen LogP contribution is 2.37. The molecule has 1 aromatic heterocycles. The van der Waals surface area contributed by atoms with Gasteiger partial charge in [-0.2, -0.15) is 0 Å². The molecule has 3 aromatic rings. The third kappa shape index (κ3) is 3.18. The van der Waals surface area contributed by atoms with E-state index in [1.807, 2.05) is 6.92 Å². The average Bonchev–Trinajstić information content (AvgIpc) is 3.05. The summed E-state index contributed by atoms with van der Waals surface area (Å²) in [6, 6.07) is 9.38. The van der Waals surface area contributed by atoms with Gasteiger partial charge in [0.1, 0.15) is 22.9 Å². The number of aromatic hydroxyl groups is 1. The monoisotopic (exact) mass is 367 g/mol. The average molecular weight is 367 g/mol. The molecule has 1 saturated heterocycles. The first-order chi connectivity index (χ1) is 13.1. The summed E-state index contributed by atoms with van der Waals surface area (Å²) in [6.45, 7) is 3.44. The molecule has 4 nitrogen and oxygen atoms in total. The van der Waals surface area contributed by atoms with Crippen LogP contribution in [0, 0.1) is 5.82 Å². The molecule has 0 spiro atoms. The standard InChI is InChI=1S/C22H22FNO3/c1-2-16-17-12-19(25)18(22(26)24-10-4-3-5-11-24)13-20(17)27-21(16)14-6-8-15(23)9-7-14/h6-9,12-13,25H,2-5,10-11H2,1H3. The van der Waals surface area contributed by atoms with Crippen LogP contribution in [0.1, 0.15) is 42.1 Å². The maximum atomic E-state index is 13.3. The molecule has 2 aromatic carbocycles. The second-order valence-electron chi connectivity index (χ2n) is 6.99. The number of aryl methyl sites for hydroxylation is 1. The van der Waals surface area contributed by atoms with E-state index in [0.717, 1.165) is 48.9 Å². The minimum Gasteiger partial charge on any atom is -0.507 e. The first kappa shape index (κ1) is 17.6. The second-order valence-corrected chi connectivity index (χ2v) is 6.99. The number of likely N-dealkylation sites (tertiary alicyclic amines) is 1. The van der Waals surface area contributed by atoms with Crippen molar-refractivity contribution in [2.45, 2.75) is 32.6 Å². The molecule has 4 rings (SSSR count). The van der Waals surface area contributed by atoms with Crippen LogP contribution in [0.3, 0.4) is 0 Å². The van der Waals surface area contributed by atoms with Gasteiger partial charge >= 0.3 is 0 Å². The lowest BCUT2D eigenvalue weighted by Crippen LogP contribution is -2.35. The van der Waals surface area contributed by atoms with Gasteiger partial charge < -0.3 is 14.4 Å². The molecule has 27 heavy (non-hydrogen) atoms. The van der Waals surface area contributed by atoms with Gasteiger partial charge in [0.15, 0.2) is 0 Å². The van der Waals surface area contributed by atoms with Gasteiger partial charge in [-0.05, 0) is 62.1 Å². The van der Waals surface area contributed by atoms with Gasteiger partial charge in [0, 0.05) is 29.6 Å². The fraction of sp³-hybridized carbons (Fsp3) is 0.318. The molecule has 0 unspecified atom stereocenters. The largest absolute Gasteiger partial charge is 0.507 e. The third-order valence-corrected chi connectivity index (χ3v) is 5.24. The number of phenolic OH excluding ortho intramolecular Hbond substituents is 1. The number of carbonyl (C=O) groups excluding carboxylic acids is 1. The minimum atomic E-state index is -0.306. The summed E-state index contributed by atoms with van der Waals surface area (Å²) in [7, 11) is 0. The number of piperidine rings is 1. The van der Waals surface area contributed by atoms with Gasteiger partial charge in [-0.3, -0.25) is 4.79 Å². The van der Waals surface area contributed by atoms with E-state index in [4.69, 9.17) is 4.42 Å². The van der Waals surface area contributed by atoms with Gasteiger partial charge in [-0.1, -0.05) is 6.92 Å². The van der Waals surface area contributed by atoms with E-state index >= 15 is 0 Å². The molecule has 0 bridgehead atoms. The molecule has 1 N–H and O–H groups in total. The number of carbonyl (C=O) groups is 1. The molecule has 0 atom stereocenters. The Morgan fingerprint density at radius 3 is 2.52 bits per heavy atom. The van der Waals surface area contributed by atoms with E-state index in [1.165, 1.54) is 12.1 Å². The summed E-state index contributed by atoms with van der Waals surface area (Å²) in [5, 5.41) is 11.3. The van der Waals surface area contributed by atoms with Gasteiger partial charge in [0.2, 0.25) is 0 Å². The van der Waals surface area contributed by atoms with Gasteiger partial charge in [-0.25, -0.2) is 4.39 Å². The number of nitrogens with zero attached hydrogens (tertiary/aromatic N) is 1. The van der Waals surface area contributed by atoms with Crippen molar-refractivity contribution in [2.24, 2.45) is 0 Å². The zero-order valence-electron chi connectivity index (χ0n) is 15.3. The maximum absolute atomic E-state index is 13.3. The van der Waals surface area contributed by atoms with E-state index in [9.17, 15) is 14.3 Å². The summed E-state index contributed by atoms with van der Waals surface area (Å²) in [4.78, 5) is 14.6. The van der Waals surface area contributed by atoms with Crippen molar-refractivity contribution in [3.8, 4) is 17.1 Å². The molecular weight excluding hydrogens is 345 g/mol. The van der Waals surface area contributed by atoms with Crippen molar-refractivity contribution in [3.63, 3.8) is 0 Å². The van der Waals surface area contributed by atoms with E-state index in [2.05, 4.69) is 0 Å². The Balaban J connectivity index is 1.80. The van der Waals surface area contributed by atoms with Crippen molar-refractivity contribution in [3.05, 3.63) is 53.3 Å². The molecule has 1 aliphatic heterocycles. The highest BCUT2D eigenvalue weighted by Gasteiger charge is 2.24. The predicted octanol–water partition coefficient (Wildman–Crippen LogP) is 5.13. The highest BCUT2D eigenvalue weighted by molar-refractivity contribution is 6.02. The highest BCUT2D eigenvalue weighted by atomic mass is 19.1. The molecular formula is C22H22FNO3. The fourth-order valence-corrected chi connectivity index (χ4v) is 3.81. The van der Waals surface area contributed by atoms with Crippen LogP contribution in [0.5, 0.6) is 5.75 Å². The zero-order chi connectivity index (χ0) is 19.0. The smallest absolute Gasteiger partial charge is 0.257 e. The molecule has 1 aliphatic rings. The van der Waals surface area contributed by atoms with Crippen LogP contribution in [0.2, 0.25) is 0 Å². The Bertz CT molecular complexity index is 985. The third-order valence-electron chi connectivity index (χ3n) is 5.24. The van der Waals surface area contributed by atoms with Crippen LogP contribution in [0.15, 0.2) is 40.8 Å². The number of fused-ring (bicyclic) bond motifs is 1. The van der Waals surface area contributed by atoms with Crippen molar-refractivity contribution in [1.82, 2.24) is 4.90 Å². The van der Waals surface area contributed by atoms with E-state index < -0.39 is 0 Å². The Morgan fingerprint density at radius 1 is 1.15 bits per heavy atom. The predicted molar refractivity (Wildman–Crippen MR) is 102 cm³/mol. The number of rotatable bonds is 3. The van der Waals surface area contributed by atoms with Crippen molar-refractivity contribution >= 4 is 16.9 Å². The Morgan fingerprint density at radius 2 is 1.85 bits per heavy atom. The summed E-state index contributed by atoms with van der Waals surface area (Å²) in [5.41, 5.74) is 2.53. The molecule has 0 aliphatic carbocycles. The summed E-state index contributed by atoms with van der Waals surface area (Å²) in [6.07, 6.45) is 3.81. The zero-order valence-corrected chi connectivity index (χ0v) is 15.3. The SMILES string of the molecule is CCc1c(-c2ccc(F)cc2)oc2cc(C(=O)N3CCCCC3)c(O)cc12. The van der Waals surface area contributed by atoms with Crippen LogP contribution >= 0.6 is 0 Å². The Kier molecular flexibility index (Phi) is 4.60. The van der Waals surface area contributed by atoms with Crippen molar-refractivity contribution in [1.29, 1.82) is 0 Å². The van der Waals surface area contributed by atoms with Crippen molar-refractivity contribution in [2.75, 3.05) is 13.1 Å². The number of hydrogen-bond acceptors (Lipinski definition) is 3. The van der Waals surface area contributed by atoms with Crippen LogP contribution in [-0.4, -0.2) is 29.0 Å². The van der Waals surface area contributed by atoms with Gasteiger partial charge in [-0.15, -0.1) is 0 Å². The lowest BCUT2D eigenvalue weighted by atomic mass is 10.0. The van der Waals surface area contributed by atoms with Crippen LogP contribution in [0.4, 0.5) is 4.39 Å². The number of hydrogen-bond donors (Lipinski definition) is 1. The van der Waals surface area contributed by atoms with Crippen LogP contribution < -0.4 is 0 Å². The lowest BCUT2D eigenvalue weighted by molar-refractivity contribution is 0.0721. The number of furan rings is 1. The molecule has 140 valence electrons. The minimum absolute atomic E-state index is 0.0285. The number of amides is 1. The number of halogens is 1. The Hall–Kier alpha value is -2.82. The first-order valence-corrected chi connectivity index (χ1v) is 9.42. The van der Waals surface area contributed by atoms with Crippen LogP contribution in [0.25, 0.3) is 22.3 Å². The summed E-state index contributed by atoms with van der Waals surface area (Å²) < 4.78 is 19.3. The molecule has 2 heterocycles. The topological polar surface area (TPSA) is 53.7 Å². The molecule has 0 saturated carbocycles. The molecule has 1 amide bonds. The quantitative estimate of drug-likeness (QED) is 0.698. The number of phenols is 1. The summed E-state index contributed by atoms with van der Waals surface area (Å²) >= 11 is 0. The molecule has 0 radical (unpaired) electrons. The van der Waals surface area contributed by atoms with E-state index in [1.54, 1.807) is 29.2 Å². The molecule has 1 fully saturated rings. The lowest BCUT2D eigenvalue weighted by Gasteiger charge is -2.26. The first-order valence-electron chi connectivity index (χ1n) is 9.42. The second kappa shape index (κ2) is 7.06. The van der Waals surface area contributed by atoms with Crippen LogP contribution in [-0.2, 0) is 6.42 Å². The fourth-order valence-electron chi connectivity index (χ4n) is 3.81. The number of benzene rings is 2. The summed E-state index contributed by atoms with van der Waals surface area (Å²) in [5.74, 6) is 0.153. The van der Waals surface area contributed by atoms with E-state index in [-0.39, 0.29) is 23.0 Å². The van der Waals surface area contributed by atoms with Crippen molar-refractivity contribution < 1.29 is 18.7 Å². The normalized spacial score (nSPS) is 14.7. The molecule has 5 heteroatoms. The van der Waals surface area contributed by atoms with Gasteiger partial charge in [0.25, 0.3) is 5.91 Å². The van der Waals surface area contributed by atoms with Gasteiger partial charge in [0.05, 0.1) is 5.56 Å². The maximum Gasteiger partial charge on any atom is 0.257 e. The Labute approximate surface area is 157 Å².